The molecule has 2 fully saturated rings. The van der Waals surface area contributed by atoms with Crippen molar-refractivity contribution in [2.45, 2.75) is 63.7 Å². The molecule has 0 spiro atoms. The summed E-state index contributed by atoms with van der Waals surface area (Å²) in [5.74, 6) is 1.70. The van der Waals surface area contributed by atoms with Crippen LogP contribution in [-0.4, -0.2) is 34.0 Å². The molecule has 0 saturated carbocycles. The van der Waals surface area contributed by atoms with E-state index in [2.05, 4.69) is 24.2 Å². The van der Waals surface area contributed by atoms with E-state index in [0.717, 1.165) is 31.0 Å². The molecule has 1 aromatic heterocycles. The van der Waals surface area contributed by atoms with E-state index in [1.165, 1.54) is 42.6 Å². The Hall–Kier alpha value is -1.00. The fourth-order valence-corrected chi connectivity index (χ4v) is 4.17. The van der Waals surface area contributed by atoms with Crippen molar-refractivity contribution in [3.8, 4) is 0 Å². The summed E-state index contributed by atoms with van der Waals surface area (Å²) >= 11 is 0. The Morgan fingerprint density at radius 3 is 2.58 bits per heavy atom. The van der Waals surface area contributed by atoms with Gasteiger partial charge in [0.1, 0.15) is 5.82 Å². The first-order valence-electron chi connectivity index (χ1n) is 7.51. The molecule has 3 aliphatic heterocycles. The van der Waals surface area contributed by atoms with Crippen LogP contribution < -0.4 is 5.32 Å². The fraction of sp³-hybridized carbons (Fsp3) is 0.733. The summed E-state index contributed by atoms with van der Waals surface area (Å²) in [6.45, 7) is 4.01. The lowest BCUT2D eigenvalue weighted by atomic mass is 9.90. The molecule has 2 bridgehead atoms. The Morgan fingerprint density at radius 1 is 1.11 bits per heavy atom. The third-order valence-electron chi connectivity index (χ3n) is 5.37. The monoisotopic (exact) mass is 258 g/mol. The number of hydrogen-bond acceptors (Lipinski definition) is 4. The lowest BCUT2D eigenvalue weighted by Gasteiger charge is -2.35. The van der Waals surface area contributed by atoms with Gasteiger partial charge in [-0.05, 0) is 39.7 Å². The number of piperidine rings is 1. The maximum absolute atomic E-state index is 4.87. The Morgan fingerprint density at radius 2 is 1.84 bits per heavy atom. The summed E-state index contributed by atoms with van der Waals surface area (Å²) in [4.78, 5) is 12.3. The van der Waals surface area contributed by atoms with Crippen LogP contribution in [0.5, 0.6) is 0 Å². The Bertz CT molecular complexity index is 499. The minimum absolute atomic E-state index is 0.582. The highest BCUT2D eigenvalue weighted by atomic mass is 15.2. The summed E-state index contributed by atoms with van der Waals surface area (Å²) in [6, 6.07) is 1.53. The largest absolute Gasteiger partial charge is 0.307 e. The van der Waals surface area contributed by atoms with Crippen LogP contribution >= 0.6 is 0 Å². The van der Waals surface area contributed by atoms with E-state index >= 15 is 0 Å². The molecule has 2 saturated heterocycles. The first-order chi connectivity index (χ1) is 9.22. The van der Waals surface area contributed by atoms with Crippen LogP contribution in [0.1, 0.15) is 54.4 Å². The van der Waals surface area contributed by atoms with E-state index in [0.29, 0.717) is 5.92 Å². The molecule has 19 heavy (non-hydrogen) atoms. The number of rotatable bonds is 1. The van der Waals surface area contributed by atoms with Crippen molar-refractivity contribution in [1.29, 1.82) is 0 Å². The second-order valence-electron chi connectivity index (χ2n) is 6.41. The van der Waals surface area contributed by atoms with Crippen LogP contribution in [0.15, 0.2) is 0 Å². The van der Waals surface area contributed by atoms with Gasteiger partial charge in [-0.25, -0.2) is 9.97 Å². The van der Waals surface area contributed by atoms with Crippen LogP contribution in [0.2, 0.25) is 0 Å². The molecule has 2 atom stereocenters. The van der Waals surface area contributed by atoms with Crippen molar-refractivity contribution in [3.63, 3.8) is 0 Å². The maximum Gasteiger partial charge on any atom is 0.132 e. The number of hydrogen-bond donors (Lipinski definition) is 1. The molecule has 4 heterocycles. The Balaban J connectivity index is 1.65. The number of fused-ring (bicyclic) bond motifs is 3. The predicted molar refractivity (Wildman–Crippen MR) is 73.9 cm³/mol. The molecule has 4 heteroatoms. The molecule has 0 aromatic carbocycles. The van der Waals surface area contributed by atoms with E-state index in [1.54, 1.807) is 0 Å². The first-order valence-corrected chi connectivity index (χ1v) is 7.51. The van der Waals surface area contributed by atoms with Crippen molar-refractivity contribution in [3.05, 3.63) is 22.8 Å². The van der Waals surface area contributed by atoms with E-state index in [1.807, 2.05) is 0 Å². The zero-order valence-corrected chi connectivity index (χ0v) is 11.8. The Kier molecular flexibility index (Phi) is 2.64. The zero-order valence-electron chi connectivity index (χ0n) is 11.8. The lowest BCUT2D eigenvalue weighted by molar-refractivity contribution is 0.158. The molecule has 0 aliphatic carbocycles. The van der Waals surface area contributed by atoms with Gasteiger partial charge in [0.2, 0.25) is 0 Å². The van der Waals surface area contributed by atoms with E-state index in [-0.39, 0.29) is 0 Å². The van der Waals surface area contributed by atoms with Gasteiger partial charge < -0.3 is 10.2 Å². The Labute approximate surface area is 114 Å². The zero-order chi connectivity index (χ0) is 13.0. The van der Waals surface area contributed by atoms with Crippen molar-refractivity contribution in [1.82, 2.24) is 20.2 Å². The molecule has 1 N–H and O–H groups in total. The number of aromatic nitrogens is 2. The molecule has 0 radical (unpaired) electrons. The predicted octanol–water partition coefficient (Wildman–Crippen LogP) is 1.73. The molecule has 3 aliphatic rings. The van der Waals surface area contributed by atoms with E-state index < -0.39 is 0 Å². The van der Waals surface area contributed by atoms with Crippen LogP contribution in [0.25, 0.3) is 0 Å². The van der Waals surface area contributed by atoms with Crippen molar-refractivity contribution in [2.75, 3.05) is 7.05 Å². The number of nitrogens with one attached hydrogen (secondary N) is 1. The van der Waals surface area contributed by atoms with Gasteiger partial charge in [-0.2, -0.15) is 0 Å². The molecule has 4 nitrogen and oxygen atoms in total. The highest BCUT2D eigenvalue weighted by Crippen LogP contribution is 2.41. The quantitative estimate of drug-likeness (QED) is 0.833. The average molecular weight is 258 g/mol. The van der Waals surface area contributed by atoms with Crippen LogP contribution in [0.4, 0.5) is 0 Å². The van der Waals surface area contributed by atoms with Crippen LogP contribution in [0, 0.1) is 6.92 Å². The molecular weight excluding hydrogens is 236 g/mol. The van der Waals surface area contributed by atoms with E-state index in [4.69, 9.17) is 9.97 Å². The maximum atomic E-state index is 4.87. The molecular formula is C15H22N4. The SMILES string of the molecule is Cc1nc(C2CC3CCC(C2)N3C)nc2c1CNC2. The van der Waals surface area contributed by atoms with Gasteiger partial charge in [-0.1, -0.05) is 0 Å². The van der Waals surface area contributed by atoms with Crippen molar-refractivity contribution >= 4 is 0 Å². The summed E-state index contributed by atoms with van der Waals surface area (Å²) in [7, 11) is 2.29. The standard InChI is InChI=1S/C15H22N4/c1-9-13-7-16-8-14(13)18-15(17-9)10-5-11-3-4-12(6-10)19(11)2/h10-12,16H,3-8H2,1-2H3. The molecule has 0 amide bonds. The molecule has 1 aromatic rings. The van der Waals surface area contributed by atoms with Gasteiger partial charge >= 0.3 is 0 Å². The third-order valence-corrected chi connectivity index (χ3v) is 5.37. The molecule has 102 valence electrons. The van der Waals surface area contributed by atoms with Crippen molar-refractivity contribution in [2.24, 2.45) is 0 Å². The number of aryl methyl sites for hydroxylation is 1. The minimum atomic E-state index is 0.582. The van der Waals surface area contributed by atoms with E-state index in [9.17, 15) is 0 Å². The summed E-state index contributed by atoms with van der Waals surface area (Å²) in [5.41, 5.74) is 3.77. The van der Waals surface area contributed by atoms with Gasteiger partial charge in [0.25, 0.3) is 0 Å². The second-order valence-corrected chi connectivity index (χ2v) is 6.41. The minimum Gasteiger partial charge on any atom is -0.307 e. The van der Waals surface area contributed by atoms with Gasteiger partial charge in [-0.3, -0.25) is 0 Å². The fourth-order valence-electron chi connectivity index (χ4n) is 4.17. The van der Waals surface area contributed by atoms with Gasteiger partial charge in [-0.15, -0.1) is 0 Å². The average Bonchev–Trinajstić information content (AvgIpc) is 2.92. The first kappa shape index (κ1) is 11.8. The van der Waals surface area contributed by atoms with Gasteiger partial charge in [0, 0.05) is 42.3 Å². The summed E-state index contributed by atoms with van der Waals surface area (Å²) in [5, 5.41) is 3.38. The van der Waals surface area contributed by atoms with Crippen LogP contribution in [0.3, 0.4) is 0 Å². The lowest BCUT2D eigenvalue weighted by Crippen LogP contribution is -2.39. The number of nitrogens with zero attached hydrogens (tertiary/aromatic N) is 3. The van der Waals surface area contributed by atoms with Crippen LogP contribution in [-0.2, 0) is 13.1 Å². The summed E-state index contributed by atoms with van der Waals surface area (Å²) in [6.07, 6.45) is 5.23. The third kappa shape index (κ3) is 1.81. The topological polar surface area (TPSA) is 41.1 Å². The van der Waals surface area contributed by atoms with Gasteiger partial charge in [0.15, 0.2) is 0 Å². The highest BCUT2D eigenvalue weighted by molar-refractivity contribution is 5.29. The molecule has 2 unspecified atom stereocenters. The second kappa shape index (κ2) is 4.25. The molecule has 4 rings (SSSR count). The highest BCUT2D eigenvalue weighted by Gasteiger charge is 2.40. The van der Waals surface area contributed by atoms with Crippen molar-refractivity contribution < 1.29 is 0 Å². The normalized spacial score (nSPS) is 33.7. The smallest absolute Gasteiger partial charge is 0.132 e. The van der Waals surface area contributed by atoms with Gasteiger partial charge in [0.05, 0.1) is 5.69 Å². The summed E-state index contributed by atoms with van der Waals surface area (Å²) < 4.78 is 0.